The maximum absolute atomic E-state index is 13.8. The number of nitrogens with one attached hydrogen (secondary N) is 1. The van der Waals surface area contributed by atoms with E-state index in [4.69, 9.17) is 0 Å². The molecule has 1 aromatic carbocycles. The highest BCUT2D eigenvalue weighted by atomic mass is 16.6. The quantitative estimate of drug-likeness (QED) is 0.595. The van der Waals surface area contributed by atoms with Crippen LogP contribution in [0.4, 0.5) is 11.4 Å². The number of nitro groups is 1. The minimum atomic E-state index is -1.11. The van der Waals surface area contributed by atoms with Crippen LogP contribution in [-0.4, -0.2) is 20.8 Å². The van der Waals surface area contributed by atoms with Gasteiger partial charge in [0, 0.05) is 12.0 Å². The monoisotopic (exact) mass is 416 g/mol. The Balaban J connectivity index is 1.88. The number of hydrogen-bond donors (Lipinski definition) is 1. The second-order valence-electron chi connectivity index (χ2n) is 8.78. The summed E-state index contributed by atoms with van der Waals surface area (Å²) in [5, 5.41) is 33.2. The first-order valence-electron chi connectivity index (χ1n) is 9.88. The third kappa shape index (κ3) is 2.56. The van der Waals surface area contributed by atoms with Crippen LogP contribution in [0.15, 0.2) is 12.1 Å². The molecular weight excluding hydrogens is 396 g/mol. The van der Waals surface area contributed by atoms with E-state index in [-0.39, 0.29) is 28.7 Å². The van der Waals surface area contributed by atoms with E-state index in [0.717, 1.165) is 5.56 Å². The molecule has 31 heavy (non-hydrogen) atoms. The Kier molecular flexibility index (Phi) is 4.33. The fourth-order valence-electron chi connectivity index (χ4n) is 5.39. The molecule has 2 aliphatic rings. The van der Waals surface area contributed by atoms with Crippen LogP contribution >= 0.6 is 0 Å². The van der Waals surface area contributed by atoms with Gasteiger partial charge in [-0.25, -0.2) is 9.97 Å². The first-order valence-corrected chi connectivity index (χ1v) is 9.88. The van der Waals surface area contributed by atoms with Gasteiger partial charge in [-0.1, -0.05) is 19.9 Å². The summed E-state index contributed by atoms with van der Waals surface area (Å²) >= 11 is 0. The number of aromatic nitrogens is 2. The number of nitro benzene ring substituents is 1. The highest BCUT2D eigenvalue weighted by Gasteiger charge is 2.68. The van der Waals surface area contributed by atoms with Gasteiger partial charge in [0.2, 0.25) is 5.91 Å². The lowest BCUT2D eigenvalue weighted by Crippen LogP contribution is -2.47. The molecule has 2 bridgehead atoms. The van der Waals surface area contributed by atoms with Crippen molar-refractivity contribution < 1.29 is 9.72 Å². The van der Waals surface area contributed by atoms with Crippen molar-refractivity contribution in [1.29, 1.82) is 10.5 Å². The molecule has 4 rings (SSSR count). The highest BCUT2D eigenvalue weighted by Crippen LogP contribution is 2.67. The molecular formula is C22H20N6O3. The molecule has 2 unspecified atom stereocenters. The van der Waals surface area contributed by atoms with Crippen molar-refractivity contribution in [1.82, 2.24) is 9.97 Å². The number of nitriles is 2. The molecule has 1 N–H and O–H groups in total. The number of rotatable bonds is 3. The maximum atomic E-state index is 13.8. The third-order valence-electron chi connectivity index (χ3n) is 6.93. The minimum absolute atomic E-state index is 0.0508. The number of nitrogens with zero attached hydrogens (tertiary/aromatic N) is 5. The van der Waals surface area contributed by atoms with E-state index >= 15 is 0 Å². The van der Waals surface area contributed by atoms with Crippen molar-refractivity contribution in [2.75, 3.05) is 5.32 Å². The molecule has 0 radical (unpaired) electrons. The summed E-state index contributed by atoms with van der Waals surface area (Å²) in [7, 11) is 0. The van der Waals surface area contributed by atoms with Gasteiger partial charge in [-0.2, -0.15) is 10.5 Å². The van der Waals surface area contributed by atoms with Crippen LogP contribution in [0.2, 0.25) is 0 Å². The van der Waals surface area contributed by atoms with E-state index in [1.165, 1.54) is 6.07 Å². The van der Waals surface area contributed by atoms with Gasteiger partial charge in [0.05, 0.1) is 21.7 Å². The molecule has 2 aliphatic carbocycles. The number of carbonyl (C=O) groups is 1. The van der Waals surface area contributed by atoms with Crippen molar-refractivity contribution in [2.24, 2.45) is 5.41 Å². The second kappa shape index (κ2) is 6.58. The molecule has 2 atom stereocenters. The molecule has 1 fully saturated rings. The van der Waals surface area contributed by atoms with Crippen LogP contribution in [0.25, 0.3) is 0 Å². The highest BCUT2D eigenvalue weighted by molar-refractivity contribution is 6.03. The molecule has 1 heterocycles. The molecule has 0 saturated heterocycles. The van der Waals surface area contributed by atoms with Crippen LogP contribution in [0.1, 0.15) is 66.5 Å². The number of fused-ring (bicyclic) bond motifs is 5. The first-order chi connectivity index (χ1) is 14.6. The maximum Gasteiger partial charge on any atom is 0.293 e. The van der Waals surface area contributed by atoms with Crippen LogP contribution in [0.5, 0.6) is 0 Å². The summed E-state index contributed by atoms with van der Waals surface area (Å²) in [6.07, 6.45) is 1.15. The van der Waals surface area contributed by atoms with E-state index in [9.17, 15) is 25.4 Å². The summed E-state index contributed by atoms with van der Waals surface area (Å²) in [6, 6.07) is 7.00. The third-order valence-corrected chi connectivity index (χ3v) is 6.93. The van der Waals surface area contributed by atoms with Gasteiger partial charge in [0.1, 0.15) is 17.8 Å². The van der Waals surface area contributed by atoms with Gasteiger partial charge in [-0.15, -0.1) is 0 Å². The Hall–Kier alpha value is -3.85. The predicted molar refractivity (Wildman–Crippen MR) is 110 cm³/mol. The van der Waals surface area contributed by atoms with Crippen LogP contribution in [0.3, 0.4) is 0 Å². The standard InChI is InChI=1S/C22H20N6O3/c1-11-7-12(2)17(16(8-11)28(30)31)27-20(29)22-6-5-13(21(22,3)4)18-19(22)26-15(10-24)14(9-23)25-18/h7-8,13H,5-6H2,1-4H3,(H,27,29). The van der Waals surface area contributed by atoms with Crippen molar-refractivity contribution in [2.45, 2.75) is 51.9 Å². The lowest BCUT2D eigenvalue weighted by Gasteiger charge is -2.36. The molecule has 1 amide bonds. The Labute approximate surface area is 178 Å². The van der Waals surface area contributed by atoms with Crippen molar-refractivity contribution >= 4 is 17.3 Å². The summed E-state index contributed by atoms with van der Waals surface area (Å²) in [5.74, 6) is -0.508. The van der Waals surface area contributed by atoms with E-state index in [2.05, 4.69) is 15.3 Å². The molecule has 9 nitrogen and oxygen atoms in total. The fraction of sp³-hybridized carbons (Fsp3) is 0.409. The molecule has 0 aliphatic heterocycles. The Morgan fingerprint density at radius 2 is 1.87 bits per heavy atom. The lowest BCUT2D eigenvalue weighted by molar-refractivity contribution is -0.384. The summed E-state index contributed by atoms with van der Waals surface area (Å²) in [4.78, 5) is 33.7. The van der Waals surface area contributed by atoms with Crippen LogP contribution in [-0.2, 0) is 10.2 Å². The van der Waals surface area contributed by atoms with E-state index < -0.39 is 21.7 Å². The zero-order chi connectivity index (χ0) is 22.7. The average molecular weight is 416 g/mol. The molecule has 2 aromatic rings. The fourth-order valence-corrected chi connectivity index (χ4v) is 5.39. The lowest BCUT2D eigenvalue weighted by atomic mass is 9.67. The summed E-state index contributed by atoms with van der Waals surface area (Å²) in [5.41, 5.74) is 0.400. The van der Waals surface area contributed by atoms with Crippen molar-refractivity contribution in [3.05, 3.63) is 56.1 Å². The van der Waals surface area contributed by atoms with Crippen LogP contribution < -0.4 is 5.32 Å². The van der Waals surface area contributed by atoms with Gasteiger partial charge >= 0.3 is 0 Å². The summed E-state index contributed by atoms with van der Waals surface area (Å²) in [6.45, 7) is 7.36. The topological polar surface area (TPSA) is 146 Å². The van der Waals surface area contributed by atoms with Gasteiger partial charge in [-0.05, 0) is 43.2 Å². The van der Waals surface area contributed by atoms with E-state index in [1.54, 1.807) is 19.9 Å². The predicted octanol–water partition coefficient (Wildman–Crippen LogP) is 3.54. The number of aryl methyl sites for hydroxylation is 2. The zero-order valence-corrected chi connectivity index (χ0v) is 17.6. The SMILES string of the molecule is Cc1cc(C)c(NC(=O)C23CCC(c4nc(C#N)c(C#N)nc42)C3(C)C)c([N+](=O)[O-])c1. The smallest absolute Gasteiger partial charge is 0.293 e. The Morgan fingerprint density at radius 3 is 2.48 bits per heavy atom. The molecule has 156 valence electrons. The average Bonchev–Trinajstić information content (AvgIpc) is 3.09. The molecule has 9 heteroatoms. The zero-order valence-electron chi connectivity index (χ0n) is 17.6. The molecule has 1 saturated carbocycles. The van der Waals surface area contributed by atoms with Crippen molar-refractivity contribution in [3.63, 3.8) is 0 Å². The normalized spacial score (nSPS) is 22.3. The number of amides is 1. The Bertz CT molecular complexity index is 1250. The van der Waals surface area contributed by atoms with E-state index in [1.807, 2.05) is 26.0 Å². The van der Waals surface area contributed by atoms with Gasteiger partial charge < -0.3 is 5.32 Å². The van der Waals surface area contributed by atoms with Gasteiger partial charge in [-0.3, -0.25) is 14.9 Å². The Morgan fingerprint density at radius 1 is 1.23 bits per heavy atom. The van der Waals surface area contributed by atoms with Crippen LogP contribution in [0, 0.1) is 52.0 Å². The van der Waals surface area contributed by atoms with Gasteiger partial charge in [0.15, 0.2) is 11.4 Å². The van der Waals surface area contributed by atoms with Crippen molar-refractivity contribution in [3.8, 4) is 12.1 Å². The molecule has 0 spiro atoms. The molecule has 1 aromatic heterocycles. The van der Waals surface area contributed by atoms with Gasteiger partial charge in [0.25, 0.3) is 5.69 Å². The number of anilines is 1. The minimum Gasteiger partial charge on any atom is -0.319 e. The second-order valence-corrected chi connectivity index (χ2v) is 8.78. The number of hydrogen-bond acceptors (Lipinski definition) is 7. The number of carbonyl (C=O) groups excluding carboxylic acids is 1. The van der Waals surface area contributed by atoms with E-state index in [0.29, 0.717) is 29.8 Å². The summed E-state index contributed by atoms with van der Waals surface area (Å²) < 4.78 is 0. The first kappa shape index (κ1) is 20.4. The largest absolute Gasteiger partial charge is 0.319 e. The number of benzene rings is 1.